The lowest BCUT2D eigenvalue weighted by atomic mass is 10.0. The van der Waals surface area contributed by atoms with Gasteiger partial charge >= 0.3 is 0 Å². The monoisotopic (exact) mass is 457 g/mol. The van der Waals surface area contributed by atoms with Gasteiger partial charge in [0.2, 0.25) is 5.91 Å². The van der Waals surface area contributed by atoms with Crippen LogP contribution in [0.4, 0.5) is 0 Å². The molecule has 0 bridgehead atoms. The summed E-state index contributed by atoms with van der Waals surface area (Å²) in [6.07, 6.45) is 0.320. The number of amides is 2. The van der Waals surface area contributed by atoms with Gasteiger partial charge in [-0.05, 0) is 23.3 Å². The van der Waals surface area contributed by atoms with E-state index >= 15 is 0 Å². The average molecular weight is 458 g/mol. The third-order valence-corrected chi connectivity index (χ3v) is 5.92. The summed E-state index contributed by atoms with van der Waals surface area (Å²) in [5.41, 5.74) is 2.78. The molecule has 1 aliphatic heterocycles. The normalized spacial score (nSPS) is 17.0. The van der Waals surface area contributed by atoms with Crippen molar-refractivity contribution in [3.05, 3.63) is 108 Å². The summed E-state index contributed by atoms with van der Waals surface area (Å²) in [5, 5.41) is 5.92. The van der Waals surface area contributed by atoms with Crippen LogP contribution in [0.15, 0.2) is 91.0 Å². The van der Waals surface area contributed by atoms with E-state index in [1.807, 2.05) is 66.7 Å². The first kappa shape index (κ1) is 23.7. The molecule has 34 heavy (non-hydrogen) atoms. The maximum absolute atomic E-state index is 13.1. The summed E-state index contributed by atoms with van der Waals surface area (Å²) in [4.78, 5) is 28.2. The molecule has 0 saturated carbocycles. The van der Waals surface area contributed by atoms with Crippen molar-refractivity contribution in [2.45, 2.75) is 25.1 Å². The highest BCUT2D eigenvalue weighted by atomic mass is 16.5. The van der Waals surface area contributed by atoms with E-state index < -0.39 is 6.04 Å². The van der Waals surface area contributed by atoms with Crippen LogP contribution in [0.1, 0.15) is 21.5 Å². The molecule has 176 valence electrons. The van der Waals surface area contributed by atoms with Crippen molar-refractivity contribution in [1.82, 2.24) is 15.5 Å². The van der Waals surface area contributed by atoms with Gasteiger partial charge in [0.15, 0.2) is 0 Å². The Hall–Kier alpha value is -3.48. The Bertz CT molecular complexity index is 1040. The molecule has 0 radical (unpaired) electrons. The van der Waals surface area contributed by atoms with Gasteiger partial charge in [-0.2, -0.15) is 0 Å². The third-order valence-electron chi connectivity index (χ3n) is 5.92. The zero-order valence-corrected chi connectivity index (χ0v) is 19.2. The Morgan fingerprint density at radius 1 is 0.882 bits per heavy atom. The largest absolute Gasteiger partial charge is 0.374 e. The molecule has 3 aromatic carbocycles. The summed E-state index contributed by atoms with van der Waals surface area (Å²) in [6, 6.07) is 28.3. The fourth-order valence-corrected chi connectivity index (χ4v) is 4.12. The minimum atomic E-state index is -0.681. The van der Waals surface area contributed by atoms with Gasteiger partial charge in [0, 0.05) is 38.2 Å². The molecule has 2 atom stereocenters. The van der Waals surface area contributed by atoms with Crippen LogP contribution in [0.5, 0.6) is 0 Å². The van der Waals surface area contributed by atoms with Crippen molar-refractivity contribution in [3.8, 4) is 0 Å². The molecule has 0 aromatic heterocycles. The number of nitrogens with one attached hydrogen (secondary N) is 2. The van der Waals surface area contributed by atoms with Crippen LogP contribution in [-0.4, -0.2) is 55.1 Å². The minimum absolute atomic E-state index is 0.0939. The first-order valence-electron chi connectivity index (χ1n) is 11.7. The summed E-state index contributed by atoms with van der Waals surface area (Å²) < 4.78 is 5.90. The second-order valence-corrected chi connectivity index (χ2v) is 8.54. The SMILES string of the molecule is O=C(N[C@H](Cc1ccccc1)C(=O)NC[C@H]1CN(Cc2ccccc2)CCO1)c1ccccc1. The van der Waals surface area contributed by atoms with Gasteiger partial charge in [-0.15, -0.1) is 0 Å². The lowest BCUT2D eigenvalue weighted by molar-refractivity contribution is -0.124. The number of carbonyl (C=O) groups is 2. The fraction of sp³-hybridized carbons (Fsp3) is 0.286. The Balaban J connectivity index is 1.35. The van der Waals surface area contributed by atoms with Gasteiger partial charge in [0.25, 0.3) is 5.91 Å². The van der Waals surface area contributed by atoms with Crippen LogP contribution >= 0.6 is 0 Å². The van der Waals surface area contributed by atoms with Crippen molar-refractivity contribution in [2.75, 3.05) is 26.2 Å². The van der Waals surface area contributed by atoms with Crippen LogP contribution < -0.4 is 10.6 Å². The highest BCUT2D eigenvalue weighted by molar-refractivity contribution is 5.97. The number of hydrogen-bond acceptors (Lipinski definition) is 4. The molecule has 2 N–H and O–H groups in total. The number of benzene rings is 3. The van der Waals surface area contributed by atoms with E-state index in [0.29, 0.717) is 25.1 Å². The topological polar surface area (TPSA) is 70.7 Å². The number of nitrogens with zero attached hydrogens (tertiary/aromatic N) is 1. The van der Waals surface area contributed by atoms with E-state index in [-0.39, 0.29) is 17.9 Å². The number of carbonyl (C=O) groups excluding carboxylic acids is 2. The van der Waals surface area contributed by atoms with Crippen molar-refractivity contribution >= 4 is 11.8 Å². The maximum atomic E-state index is 13.1. The Morgan fingerprint density at radius 2 is 1.50 bits per heavy atom. The van der Waals surface area contributed by atoms with E-state index in [2.05, 4.69) is 27.7 Å². The summed E-state index contributed by atoms with van der Waals surface area (Å²) in [7, 11) is 0. The summed E-state index contributed by atoms with van der Waals surface area (Å²) in [5.74, 6) is -0.475. The maximum Gasteiger partial charge on any atom is 0.251 e. The Morgan fingerprint density at radius 3 is 2.18 bits per heavy atom. The number of rotatable bonds is 9. The predicted octanol–water partition coefficient (Wildman–Crippen LogP) is 3.04. The zero-order valence-electron chi connectivity index (χ0n) is 19.2. The molecule has 1 fully saturated rings. The van der Waals surface area contributed by atoms with Gasteiger partial charge < -0.3 is 15.4 Å². The molecule has 6 heteroatoms. The fourth-order valence-electron chi connectivity index (χ4n) is 4.12. The first-order chi connectivity index (χ1) is 16.7. The molecule has 1 saturated heterocycles. The Kier molecular flexibility index (Phi) is 8.43. The lowest BCUT2D eigenvalue weighted by Gasteiger charge is -2.33. The van der Waals surface area contributed by atoms with Crippen molar-refractivity contribution in [2.24, 2.45) is 0 Å². The van der Waals surface area contributed by atoms with E-state index in [1.54, 1.807) is 12.1 Å². The van der Waals surface area contributed by atoms with Crippen LogP contribution in [0.25, 0.3) is 0 Å². The average Bonchev–Trinajstić information content (AvgIpc) is 2.89. The molecule has 1 aliphatic rings. The van der Waals surface area contributed by atoms with E-state index in [9.17, 15) is 9.59 Å². The Labute approximate surface area is 200 Å². The van der Waals surface area contributed by atoms with E-state index in [1.165, 1.54) is 5.56 Å². The highest BCUT2D eigenvalue weighted by Crippen LogP contribution is 2.11. The van der Waals surface area contributed by atoms with E-state index in [4.69, 9.17) is 4.74 Å². The number of morpholine rings is 1. The van der Waals surface area contributed by atoms with E-state index in [0.717, 1.165) is 25.2 Å². The number of hydrogen-bond donors (Lipinski definition) is 2. The van der Waals surface area contributed by atoms with Crippen LogP contribution in [-0.2, 0) is 22.5 Å². The zero-order chi connectivity index (χ0) is 23.6. The molecule has 1 heterocycles. The van der Waals surface area contributed by atoms with Crippen molar-refractivity contribution in [1.29, 1.82) is 0 Å². The molecule has 2 amide bonds. The third kappa shape index (κ3) is 7.01. The molecule has 6 nitrogen and oxygen atoms in total. The van der Waals surface area contributed by atoms with Gasteiger partial charge in [-0.3, -0.25) is 14.5 Å². The van der Waals surface area contributed by atoms with Gasteiger partial charge in [0.05, 0.1) is 12.7 Å². The second-order valence-electron chi connectivity index (χ2n) is 8.54. The predicted molar refractivity (Wildman–Crippen MR) is 132 cm³/mol. The molecule has 4 rings (SSSR count). The van der Waals surface area contributed by atoms with Crippen LogP contribution in [0.2, 0.25) is 0 Å². The number of ether oxygens (including phenoxy) is 1. The smallest absolute Gasteiger partial charge is 0.251 e. The van der Waals surface area contributed by atoms with Crippen LogP contribution in [0, 0.1) is 0 Å². The minimum Gasteiger partial charge on any atom is -0.374 e. The first-order valence-corrected chi connectivity index (χ1v) is 11.7. The lowest BCUT2D eigenvalue weighted by Crippen LogP contribution is -2.52. The van der Waals surface area contributed by atoms with Gasteiger partial charge in [-0.25, -0.2) is 0 Å². The van der Waals surface area contributed by atoms with Crippen molar-refractivity contribution in [3.63, 3.8) is 0 Å². The van der Waals surface area contributed by atoms with Crippen molar-refractivity contribution < 1.29 is 14.3 Å². The molecule has 0 aliphatic carbocycles. The van der Waals surface area contributed by atoms with Crippen LogP contribution in [0.3, 0.4) is 0 Å². The summed E-state index contributed by atoms with van der Waals surface area (Å²) >= 11 is 0. The quantitative estimate of drug-likeness (QED) is 0.518. The molecule has 0 spiro atoms. The van der Waals surface area contributed by atoms with Gasteiger partial charge in [-0.1, -0.05) is 78.9 Å². The molecular weight excluding hydrogens is 426 g/mol. The molecule has 0 unspecified atom stereocenters. The second kappa shape index (κ2) is 12.1. The highest BCUT2D eigenvalue weighted by Gasteiger charge is 2.25. The molecular formula is C28H31N3O3. The summed E-state index contributed by atoms with van der Waals surface area (Å²) in [6.45, 7) is 3.50. The standard InChI is InChI=1S/C28H31N3O3/c32-27(24-14-8-3-9-15-24)30-26(18-22-10-4-1-5-11-22)28(33)29-19-25-21-31(16-17-34-25)20-23-12-6-2-7-13-23/h1-15,25-26H,16-21H2,(H,29,33)(H,30,32)/t25-,26+/m0/s1. The molecule has 3 aromatic rings. The van der Waals surface area contributed by atoms with Gasteiger partial charge in [0.1, 0.15) is 6.04 Å².